The molecule has 13 rings (SSSR count). The third-order valence-electron chi connectivity index (χ3n) is 13.7. The van der Waals surface area contributed by atoms with Gasteiger partial charge in [0.25, 0.3) is 0 Å². The summed E-state index contributed by atoms with van der Waals surface area (Å²) in [6, 6.07) is 92.2. The van der Waals surface area contributed by atoms with Crippen LogP contribution in [0.25, 0.3) is 100 Å². The Bertz CT molecular complexity index is 3810. The van der Waals surface area contributed by atoms with E-state index in [4.69, 9.17) is 14.4 Å². The third kappa shape index (κ3) is 6.57. The molecule has 3 nitrogen and oxygen atoms in total. The van der Waals surface area contributed by atoms with Crippen LogP contribution in [0.5, 0.6) is 0 Å². The number of para-hydroxylation sites is 1. The second-order valence-corrected chi connectivity index (χ2v) is 21.3. The lowest BCUT2D eigenvalue weighted by Crippen LogP contribution is -2.73. The first-order valence-electron chi connectivity index (χ1n) is 23.2. The van der Waals surface area contributed by atoms with Crippen LogP contribution >= 0.6 is 0 Å². The van der Waals surface area contributed by atoms with E-state index in [2.05, 4.69) is 237 Å². The van der Waals surface area contributed by atoms with Gasteiger partial charge in [-0.1, -0.05) is 206 Å². The van der Waals surface area contributed by atoms with Crippen molar-refractivity contribution in [2.24, 2.45) is 0 Å². The lowest BCUT2D eigenvalue weighted by atomic mass is 9.93. The molecule has 0 N–H and O–H groups in total. The zero-order chi connectivity index (χ0) is 45.0. The van der Waals surface area contributed by atoms with Gasteiger partial charge in [-0.05, 0) is 114 Å². The molecule has 0 radical (unpaired) electrons. The lowest BCUT2D eigenvalue weighted by molar-refractivity contribution is 0.669. The Morgan fingerprint density at radius 3 is 1.56 bits per heavy atom. The molecule has 1 aliphatic heterocycles. The Balaban J connectivity index is 1.00. The van der Waals surface area contributed by atoms with Crippen LogP contribution in [0.1, 0.15) is 0 Å². The second kappa shape index (κ2) is 16.3. The van der Waals surface area contributed by atoms with E-state index in [0.29, 0.717) is 5.82 Å². The fourth-order valence-corrected chi connectivity index (χ4v) is 16.1. The summed E-state index contributed by atoms with van der Waals surface area (Å²) in [4.78, 5) is 10.7. The molecule has 0 aliphatic carbocycles. The van der Waals surface area contributed by atoms with Crippen LogP contribution in [0.15, 0.2) is 259 Å². The summed E-state index contributed by atoms with van der Waals surface area (Å²) in [7, 11) is -2.78. The molecule has 2 aromatic heterocycles. The first-order chi connectivity index (χ1) is 33.7. The van der Waals surface area contributed by atoms with Crippen molar-refractivity contribution in [3.8, 4) is 78.4 Å². The number of aromatic nitrogens is 2. The highest BCUT2D eigenvalue weighted by atomic mass is 28.3. The molecule has 12 aromatic rings. The van der Waals surface area contributed by atoms with Crippen molar-refractivity contribution in [3.63, 3.8) is 0 Å². The van der Waals surface area contributed by atoms with Gasteiger partial charge in [-0.15, -0.1) is 0 Å². The Labute approximate surface area is 396 Å². The summed E-state index contributed by atoms with van der Waals surface area (Å²) in [5.41, 5.74) is 16.0. The number of fused-ring (bicyclic) bond motifs is 6. The predicted octanol–water partition coefficient (Wildman–Crippen LogP) is 13.7. The van der Waals surface area contributed by atoms with Crippen LogP contribution in [0.3, 0.4) is 0 Å². The smallest absolute Gasteiger partial charge is 0.181 e. The molecule has 0 fully saturated rings. The van der Waals surface area contributed by atoms with E-state index in [1.54, 1.807) is 0 Å². The molecule has 318 valence electrons. The standard InChI is InChI=1S/C64H42N2OSi/c1-5-19-43(20-6-1)48-38-49(45-35-36-61-57(41-45)54-29-13-15-33-60(54)67-61)40-50(39-48)59-42-58(65-64(66-59)44-21-7-2-8-22-44)47-24-17-23-46(37-47)53-31-18-32-56-55-30-14-16-34-62(55)68(63(53)56,51-25-9-3-10-26-51)52-27-11-4-12-28-52/h1-42H. The van der Waals surface area contributed by atoms with E-state index >= 15 is 0 Å². The molecule has 0 atom stereocenters. The molecular weight excluding hydrogens is 841 g/mol. The summed E-state index contributed by atoms with van der Waals surface area (Å²) in [6.45, 7) is 0. The van der Waals surface area contributed by atoms with E-state index in [0.717, 1.165) is 77.8 Å². The molecule has 1 aliphatic rings. The second-order valence-electron chi connectivity index (χ2n) is 17.6. The van der Waals surface area contributed by atoms with Crippen molar-refractivity contribution in [2.75, 3.05) is 0 Å². The molecule has 0 unspecified atom stereocenters. The Hall–Kier alpha value is -8.70. The van der Waals surface area contributed by atoms with E-state index in [-0.39, 0.29) is 0 Å². The summed E-state index contributed by atoms with van der Waals surface area (Å²) < 4.78 is 6.25. The van der Waals surface area contributed by atoms with Crippen LogP contribution in [0.4, 0.5) is 0 Å². The number of furan rings is 1. The van der Waals surface area contributed by atoms with Crippen molar-refractivity contribution in [3.05, 3.63) is 255 Å². The first kappa shape index (κ1) is 39.6. The summed E-state index contributed by atoms with van der Waals surface area (Å²) in [5.74, 6) is 0.678. The molecule has 0 amide bonds. The number of rotatable bonds is 8. The normalized spacial score (nSPS) is 12.5. The molecular formula is C64H42N2OSi. The molecule has 0 saturated heterocycles. The zero-order valence-electron chi connectivity index (χ0n) is 37.1. The van der Waals surface area contributed by atoms with E-state index < -0.39 is 8.07 Å². The molecule has 0 bridgehead atoms. The van der Waals surface area contributed by atoms with Crippen LogP contribution in [-0.2, 0) is 0 Å². The van der Waals surface area contributed by atoms with Crippen molar-refractivity contribution < 1.29 is 4.42 Å². The van der Waals surface area contributed by atoms with Crippen LogP contribution in [0, 0.1) is 0 Å². The maximum Gasteiger partial charge on any atom is 0.181 e. The van der Waals surface area contributed by atoms with Crippen LogP contribution < -0.4 is 20.7 Å². The Morgan fingerprint density at radius 2 is 0.809 bits per heavy atom. The molecule has 4 heteroatoms. The maximum absolute atomic E-state index is 6.25. The highest BCUT2D eigenvalue weighted by Gasteiger charge is 2.49. The van der Waals surface area contributed by atoms with Gasteiger partial charge in [0.05, 0.1) is 11.4 Å². The van der Waals surface area contributed by atoms with Gasteiger partial charge in [0.15, 0.2) is 13.9 Å². The largest absolute Gasteiger partial charge is 0.456 e. The van der Waals surface area contributed by atoms with Crippen molar-refractivity contribution in [1.82, 2.24) is 9.97 Å². The van der Waals surface area contributed by atoms with Gasteiger partial charge in [0.2, 0.25) is 0 Å². The van der Waals surface area contributed by atoms with Gasteiger partial charge < -0.3 is 4.42 Å². The van der Waals surface area contributed by atoms with E-state index in [9.17, 15) is 0 Å². The lowest BCUT2D eigenvalue weighted by Gasteiger charge is -2.33. The van der Waals surface area contributed by atoms with Gasteiger partial charge in [0, 0.05) is 27.5 Å². The van der Waals surface area contributed by atoms with Crippen LogP contribution in [-0.4, -0.2) is 18.0 Å². The van der Waals surface area contributed by atoms with E-state index in [1.807, 2.05) is 18.2 Å². The molecule has 0 saturated carbocycles. The van der Waals surface area contributed by atoms with Gasteiger partial charge in [-0.2, -0.15) is 0 Å². The summed E-state index contributed by atoms with van der Waals surface area (Å²) >= 11 is 0. The van der Waals surface area contributed by atoms with Gasteiger partial charge in [-0.3, -0.25) is 0 Å². The molecule has 10 aromatic carbocycles. The fourth-order valence-electron chi connectivity index (χ4n) is 10.7. The highest BCUT2D eigenvalue weighted by Crippen LogP contribution is 2.39. The van der Waals surface area contributed by atoms with Gasteiger partial charge in [-0.25, -0.2) is 9.97 Å². The van der Waals surface area contributed by atoms with Crippen molar-refractivity contribution in [1.29, 1.82) is 0 Å². The summed E-state index contributed by atoms with van der Waals surface area (Å²) in [5, 5.41) is 7.82. The molecule has 3 heterocycles. The quantitative estimate of drug-likeness (QED) is 0.143. The average molecular weight is 883 g/mol. The zero-order valence-corrected chi connectivity index (χ0v) is 38.1. The first-order valence-corrected chi connectivity index (χ1v) is 25.2. The van der Waals surface area contributed by atoms with Crippen LogP contribution in [0.2, 0.25) is 0 Å². The van der Waals surface area contributed by atoms with Crippen molar-refractivity contribution >= 4 is 50.8 Å². The monoisotopic (exact) mass is 882 g/mol. The number of hydrogen-bond acceptors (Lipinski definition) is 3. The Kier molecular flexibility index (Phi) is 9.51. The molecule has 0 spiro atoms. The fraction of sp³-hybridized carbons (Fsp3) is 0. The minimum Gasteiger partial charge on any atom is -0.456 e. The highest BCUT2D eigenvalue weighted by molar-refractivity contribution is 7.22. The number of hydrogen-bond donors (Lipinski definition) is 0. The number of benzene rings is 10. The van der Waals surface area contributed by atoms with E-state index in [1.165, 1.54) is 37.4 Å². The van der Waals surface area contributed by atoms with Gasteiger partial charge in [0.1, 0.15) is 11.2 Å². The minimum atomic E-state index is -2.78. The van der Waals surface area contributed by atoms with Gasteiger partial charge >= 0.3 is 0 Å². The minimum absolute atomic E-state index is 0.678. The predicted molar refractivity (Wildman–Crippen MR) is 285 cm³/mol. The SMILES string of the molecule is c1ccc(-c2cc(-c3ccc4oc5ccccc5c4c3)cc(-c3cc(-c4cccc(-c5cccc6c5[Si](c5ccccc5)(c5ccccc5)c5ccccc5-6)c4)nc(-c4ccccc4)n3)c2)cc1. The summed E-state index contributed by atoms with van der Waals surface area (Å²) in [6.07, 6.45) is 0. The maximum atomic E-state index is 6.25. The topological polar surface area (TPSA) is 38.9 Å². The number of nitrogens with zero attached hydrogens (tertiary/aromatic N) is 2. The average Bonchev–Trinajstić information content (AvgIpc) is 3.95. The molecule has 68 heavy (non-hydrogen) atoms. The van der Waals surface area contributed by atoms with Crippen molar-refractivity contribution in [2.45, 2.75) is 0 Å². The Morgan fingerprint density at radius 1 is 0.294 bits per heavy atom. The third-order valence-corrected chi connectivity index (χ3v) is 18.7.